The maximum absolute atomic E-state index is 13.6. The van der Waals surface area contributed by atoms with Crippen molar-refractivity contribution in [3.05, 3.63) is 59.9 Å². The molecule has 0 saturated heterocycles. The number of carbonyl (C=O) groups is 2. The van der Waals surface area contributed by atoms with E-state index in [0.717, 1.165) is 12.1 Å². The molecular formula is C18H17FO6S. The maximum Gasteiger partial charge on any atom is 0.338 e. The normalized spacial score (nSPS) is 11.0. The van der Waals surface area contributed by atoms with E-state index in [-0.39, 0.29) is 12.4 Å². The SMILES string of the molecule is CCOC(=O)c1ccc(OC(=O)CCS(=O)(=O)c2ccccc2F)cc1. The maximum atomic E-state index is 13.6. The van der Waals surface area contributed by atoms with Crippen molar-refractivity contribution in [2.45, 2.75) is 18.2 Å². The summed E-state index contributed by atoms with van der Waals surface area (Å²) in [6, 6.07) is 10.6. The monoisotopic (exact) mass is 380 g/mol. The van der Waals surface area contributed by atoms with Gasteiger partial charge in [0.1, 0.15) is 16.5 Å². The quantitative estimate of drug-likeness (QED) is 0.542. The van der Waals surface area contributed by atoms with Crippen LogP contribution >= 0.6 is 0 Å². The van der Waals surface area contributed by atoms with Crippen molar-refractivity contribution in [3.8, 4) is 5.75 Å². The summed E-state index contributed by atoms with van der Waals surface area (Å²) in [6.45, 7) is 1.93. The van der Waals surface area contributed by atoms with Crippen molar-refractivity contribution in [2.75, 3.05) is 12.4 Å². The van der Waals surface area contributed by atoms with Gasteiger partial charge in [-0.15, -0.1) is 0 Å². The van der Waals surface area contributed by atoms with E-state index in [1.165, 1.54) is 36.4 Å². The Bertz CT molecular complexity index is 890. The molecule has 0 radical (unpaired) electrons. The third-order valence-electron chi connectivity index (χ3n) is 3.34. The molecule has 0 amide bonds. The van der Waals surface area contributed by atoms with Gasteiger partial charge in [0.05, 0.1) is 24.3 Å². The number of rotatable bonds is 7. The van der Waals surface area contributed by atoms with Gasteiger partial charge in [0.15, 0.2) is 9.84 Å². The van der Waals surface area contributed by atoms with Crippen molar-refractivity contribution in [3.63, 3.8) is 0 Å². The molecule has 2 aromatic rings. The van der Waals surface area contributed by atoms with Gasteiger partial charge < -0.3 is 9.47 Å². The van der Waals surface area contributed by atoms with Crippen molar-refractivity contribution >= 4 is 21.8 Å². The van der Waals surface area contributed by atoms with E-state index in [1.807, 2.05) is 0 Å². The first-order valence-electron chi connectivity index (χ1n) is 7.78. The molecule has 26 heavy (non-hydrogen) atoms. The molecule has 0 aromatic heterocycles. The largest absolute Gasteiger partial charge is 0.462 e. The van der Waals surface area contributed by atoms with Crippen LogP contribution in [0.2, 0.25) is 0 Å². The van der Waals surface area contributed by atoms with Gasteiger partial charge >= 0.3 is 11.9 Å². The smallest absolute Gasteiger partial charge is 0.338 e. The first-order valence-corrected chi connectivity index (χ1v) is 9.44. The summed E-state index contributed by atoms with van der Waals surface area (Å²) >= 11 is 0. The first kappa shape index (κ1) is 19.6. The van der Waals surface area contributed by atoms with E-state index in [4.69, 9.17) is 9.47 Å². The van der Waals surface area contributed by atoms with Crippen LogP contribution in [0.5, 0.6) is 5.75 Å². The average Bonchev–Trinajstić information content (AvgIpc) is 2.61. The van der Waals surface area contributed by atoms with Crippen molar-refractivity contribution in [2.24, 2.45) is 0 Å². The molecule has 8 heteroatoms. The predicted octanol–water partition coefficient (Wildman–Crippen LogP) is 2.77. The highest BCUT2D eigenvalue weighted by molar-refractivity contribution is 7.91. The van der Waals surface area contributed by atoms with E-state index < -0.39 is 44.7 Å². The molecule has 2 aromatic carbocycles. The Morgan fingerprint density at radius 1 is 1.04 bits per heavy atom. The van der Waals surface area contributed by atoms with Gasteiger partial charge in [-0.25, -0.2) is 17.6 Å². The molecule has 0 atom stereocenters. The molecule has 0 aliphatic carbocycles. The lowest BCUT2D eigenvalue weighted by molar-refractivity contribution is -0.133. The molecule has 0 N–H and O–H groups in total. The molecule has 2 rings (SSSR count). The molecule has 0 aliphatic heterocycles. The summed E-state index contributed by atoms with van der Waals surface area (Å²) in [5.41, 5.74) is 0.300. The third kappa shape index (κ3) is 5.13. The topological polar surface area (TPSA) is 86.7 Å². The standard InChI is InChI=1S/C18H17FO6S/c1-2-24-18(21)13-7-9-14(10-8-13)25-17(20)11-12-26(22,23)16-6-4-3-5-15(16)19/h3-10H,2,11-12H2,1H3. The molecule has 0 unspecified atom stereocenters. The summed E-state index contributed by atoms with van der Waals surface area (Å²) in [4.78, 5) is 22.9. The van der Waals surface area contributed by atoms with E-state index in [0.29, 0.717) is 5.56 Å². The predicted molar refractivity (Wildman–Crippen MR) is 91.1 cm³/mol. The fourth-order valence-corrected chi connectivity index (χ4v) is 3.39. The second-order valence-electron chi connectivity index (χ2n) is 5.22. The highest BCUT2D eigenvalue weighted by atomic mass is 32.2. The third-order valence-corrected chi connectivity index (χ3v) is 5.09. The van der Waals surface area contributed by atoms with Gasteiger partial charge in [-0.2, -0.15) is 0 Å². The number of halogens is 1. The van der Waals surface area contributed by atoms with Crippen LogP contribution in [0.1, 0.15) is 23.7 Å². The Hall–Kier alpha value is -2.74. The van der Waals surface area contributed by atoms with Crippen LogP contribution in [0.25, 0.3) is 0 Å². The Labute approximate surface area is 150 Å². The summed E-state index contributed by atoms with van der Waals surface area (Å²) in [7, 11) is -3.94. The molecule has 0 saturated carbocycles. The van der Waals surface area contributed by atoms with Gasteiger partial charge in [0.25, 0.3) is 0 Å². The number of ether oxygens (including phenoxy) is 2. The van der Waals surface area contributed by atoms with Crippen LogP contribution in [-0.4, -0.2) is 32.7 Å². The van der Waals surface area contributed by atoms with E-state index >= 15 is 0 Å². The van der Waals surface area contributed by atoms with Gasteiger partial charge in [-0.3, -0.25) is 4.79 Å². The molecule has 0 aliphatic rings. The highest BCUT2D eigenvalue weighted by Gasteiger charge is 2.20. The van der Waals surface area contributed by atoms with E-state index in [9.17, 15) is 22.4 Å². The van der Waals surface area contributed by atoms with Gasteiger partial charge in [-0.05, 0) is 43.3 Å². The second-order valence-corrected chi connectivity index (χ2v) is 7.30. The fraction of sp³-hybridized carbons (Fsp3) is 0.222. The Kier molecular flexibility index (Phi) is 6.46. The lowest BCUT2D eigenvalue weighted by Crippen LogP contribution is -2.16. The summed E-state index contributed by atoms with van der Waals surface area (Å²) < 4.78 is 47.6. The van der Waals surface area contributed by atoms with Gasteiger partial charge in [-0.1, -0.05) is 12.1 Å². The van der Waals surface area contributed by atoms with Crippen molar-refractivity contribution in [1.29, 1.82) is 0 Å². The second kappa shape index (κ2) is 8.57. The minimum absolute atomic E-state index is 0.159. The number of hydrogen-bond donors (Lipinski definition) is 0. The zero-order valence-corrected chi connectivity index (χ0v) is 14.8. The van der Waals surface area contributed by atoms with Crippen molar-refractivity contribution < 1.29 is 31.9 Å². The summed E-state index contributed by atoms with van der Waals surface area (Å²) in [6.07, 6.45) is -0.434. The van der Waals surface area contributed by atoms with E-state index in [1.54, 1.807) is 6.92 Å². The zero-order valence-electron chi connectivity index (χ0n) is 14.0. The van der Waals surface area contributed by atoms with Gasteiger partial charge in [0, 0.05) is 0 Å². The minimum Gasteiger partial charge on any atom is -0.462 e. The summed E-state index contributed by atoms with van der Waals surface area (Å²) in [5.74, 6) is -2.56. The van der Waals surface area contributed by atoms with Gasteiger partial charge in [0.2, 0.25) is 0 Å². The molecule has 0 bridgehead atoms. The Balaban J connectivity index is 1.95. The lowest BCUT2D eigenvalue weighted by atomic mass is 10.2. The minimum atomic E-state index is -3.94. The van der Waals surface area contributed by atoms with Crippen LogP contribution < -0.4 is 4.74 Å². The van der Waals surface area contributed by atoms with E-state index in [2.05, 4.69) is 0 Å². The van der Waals surface area contributed by atoms with Crippen molar-refractivity contribution in [1.82, 2.24) is 0 Å². The molecule has 0 spiro atoms. The van der Waals surface area contributed by atoms with Crippen LogP contribution in [-0.2, 0) is 19.4 Å². The first-order chi connectivity index (χ1) is 12.3. The average molecular weight is 380 g/mol. The number of benzene rings is 2. The number of sulfone groups is 1. The summed E-state index contributed by atoms with van der Waals surface area (Å²) in [5, 5.41) is 0. The Morgan fingerprint density at radius 3 is 2.31 bits per heavy atom. The van der Waals surface area contributed by atoms with Crippen LogP contribution in [0.3, 0.4) is 0 Å². The molecule has 6 nitrogen and oxygen atoms in total. The number of carbonyl (C=O) groups excluding carboxylic acids is 2. The highest BCUT2D eigenvalue weighted by Crippen LogP contribution is 2.17. The molecular weight excluding hydrogens is 363 g/mol. The molecule has 0 heterocycles. The number of hydrogen-bond acceptors (Lipinski definition) is 6. The molecule has 0 fully saturated rings. The van der Waals surface area contributed by atoms with Crippen LogP contribution in [0, 0.1) is 5.82 Å². The fourth-order valence-electron chi connectivity index (χ4n) is 2.08. The zero-order chi connectivity index (χ0) is 19.2. The van der Waals surface area contributed by atoms with Crippen LogP contribution in [0.4, 0.5) is 4.39 Å². The Morgan fingerprint density at radius 2 is 1.69 bits per heavy atom. The lowest BCUT2D eigenvalue weighted by Gasteiger charge is -2.07. The molecule has 138 valence electrons. The number of esters is 2. The van der Waals surface area contributed by atoms with Crippen LogP contribution in [0.15, 0.2) is 53.4 Å².